The maximum Gasteiger partial charge on any atom is 0.252 e. The lowest BCUT2D eigenvalue weighted by Gasteiger charge is -2.27. The smallest absolute Gasteiger partial charge is 0.252 e. The number of aromatic nitrogens is 2. The molecule has 0 aliphatic heterocycles. The van der Waals surface area contributed by atoms with E-state index in [0.29, 0.717) is 29.9 Å². The fraction of sp³-hybridized carbons (Fsp3) is 0.737. The number of aliphatic hydroxyl groups excluding tert-OH is 1. The van der Waals surface area contributed by atoms with Crippen molar-refractivity contribution in [1.82, 2.24) is 9.97 Å². The number of rotatable bonds is 6. The summed E-state index contributed by atoms with van der Waals surface area (Å²) in [4.78, 5) is 20.8. The quantitative estimate of drug-likeness (QED) is 0.821. The first-order chi connectivity index (χ1) is 12.0. The summed E-state index contributed by atoms with van der Waals surface area (Å²) < 4.78 is 5.43. The van der Waals surface area contributed by atoms with E-state index in [2.05, 4.69) is 4.98 Å². The summed E-state index contributed by atoms with van der Waals surface area (Å²) in [5.74, 6) is 1.28. The molecule has 25 heavy (non-hydrogen) atoms. The molecule has 2 fully saturated rings. The average molecular weight is 349 g/mol. The van der Waals surface area contributed by atoms with E-state index in [1.807, 2.05) is 0 Å². The van der Waals surface area contributed by atoms with Crippen LogP contribution in [0, 0.1) is 11.8 Å². The SMILES string of the molecule is COC1CCC(Cc2ncc(C(N)=O)c(CC3CCC(O)C3)n2)CC1.[HH]. The number of methoxy groups -OCH3 is 1. The number of ether oxygens (including phenoxy) is 1. The second kappa shape index (κ2) is 8.23. The number of amides is 1. The van der Waals surface area contributed by atoms with E-state index >= 15 is 0 Å². The molecule has 3 N–H and O–H groups in total. The minimum absolute atomic E-state index is 0. The van der Waals surface area contributed by atoms with Crippen molar-refractivity contribution in [2.45, 2.75) is 70.0 Å². The molecule has 140 valence electrons. The van der Waals surface area contributed by atoms with Crippen molar-refractivity contribution in [3.05, 3.63) is 23.3 Å². The van der Waals surface area contributed by atoms with Gasteiger partial charge < -0.3 is 15.6 Å². The van der Waals surface area contributed by atoms with Crippen LogP contribution in [0.3, 0.4) is 0 Å². The third-order valence-electron chi connectivity index (χ3n) is 5.78. The zero-order valence-corrected chi connectivity index (χ0v) is 15.0. The van der Waals surface area contributed by atoms with Crippen LogP contribution in [0.5, 0.6) is 0 Å². The van der Waals surface area contributed by atoms with E-state index in [9.17, 15) is 9.90 Å². The number of nitrogens with zero attached hydrogens (tertiary/aromatic N) is 2. The zero-order chi connectivity index (χ0) is 17.8. The Bertz CT molecular complexity index is 606. The number of hydrogen-bond donors (Lipinski definition) is 2. The molecule has 1 aromatic rings. The number of carbonyl (C=O) groups is 1. The van der Waals surface area contributed by atoms with E-state index < -0.39 is 5.91 Å². The van der Waals surface area contributed by atoms with Crippen molar-refractivity contribution in [1.29, 1.82) is 0 Å². The summed E-state index contributed by atoms with van der Waals surface area (Å²) in [6, 6.07) is 0. The lowest BCUT2D eigenvalue weighted by molar-refractivity contribution is 0.0565. The molecule has 6 nitrogen and oxygen atoms in total. The summed E-state index contributed by atoms with van der Waals surface area (Å²) in [6.45, 7) is 0. The molecule has 6 heteroatoms. The van der Waals surface area contributed by atoms with E-state index in [1.165, 1.54) is 0 Å². The monoisotopic (exact) mass is 349 g/mol. The third-order valence-corrected chi connectivity index (χ3v) is 5.78. The lowest BCUT2D eigenvalue weighted by atomic mass is 9.85. The summed E-state index contributed by atoms with van der Waals surface area (Å²) in [5.41, 5.74) is 6.68. The maximum absolute atomic E-state index is 11.7. The third kappa shape index (κ3) is 4.76. The highest BCUT2D eigenvalue weighted by atomic mass is 16.5. The molecule has 2 atom stereocenters. The van der Waals surface area contributed by atoms with Crippen molar-refractivity contribution in [2.24, 2.45) is 17.6 Å². The molecule has 2 aliphatic carbocycles. The van der Waals surface area contributed by atoms with Crippen molar-refractivity contribution >= 4 is 5.91 Å². The van der Waals surface area contributed by atoms with Gasteiger partial charge in [-0.1, -0.05) is 0 Å². The number of primary amides is 1. The Morgan fingerprint density at radius 2 is 1.96 bits per heavy atom. The van der Waals surface area contributed by atoms with Gasteiger partial charge >= 0.3 is 0 Å². The van der Waals surface area contributed by atoms with Gasteiger partial charge in [0, 0.05) is 21.2 Å². The second-order valence-electron chi connectivity index (χ2n) is 7.63. The highest BCUT2D eigenvalue weighted by Gasteiger charge is 2.26. The van der Waals surface area contributed by atoms with Crippen LogP contribution in [0.1, 0.15) is 68.2 Å². The average Bonchev–Trinajstić information content (AvgIpc) is 3.00. The van der Waals surface area contributed by atoms with Gasteiger partial charge in [-0.2, -0.15) is 0 Å². The first-order valence-corrected chi connectivity index (χ1v) is 9.40. The Balaban J connectivity index is 0.00000243. The minimum Gasteiger partial charge on any atom is -0.393 e. The molecule has 0 radical (unpaired) electrons. The molecule has 0 aromatic carbocycles. The molecule has 2 aliphatic rings. The molecule has 0 saturated heterocycles. The molecule has 1 amide bonds. The van der Waals surface area contributed by atoms with Gasteiger partial charge in [0.05, 0.1) is 23.5 Å². The van der Waals surface area contributed by atoms with Crippen LogP contribution in [0.15, 0.2) is 6.20 Å². The van der Waals surface area contributed by atoms with Gasteiger partial charge in [0.15, 0.2) is 0 Å². The van der Waals surface area contributed by atoms with E-state index in [4.69, 9.17) is 15.5 Å². The second-order valence-corrected chi connectivity index (χ2v) is 7.63. The Kier molecular flexibility index (Phi) is 6.02. The Morgan fingerprint density at radius 1 is 1.24 bits per heavy atom. The van der Waals surface area contributed by atoms with Crippen LogP contribution >= 0.6 is 0 Å². The van der Waals surface area contributed by atoms with Gasteiger partial charge in [0.1, 0.15) is 5.82 Å². The lowest BCUT2D eigenvalue weighted by Crippen LogP contribution is -2.23. The van der Waals surface area contributed by atoms with E-state index in [-0.39, 0.29) is 7.53 Å². The van der Waals surface area contributed by atoms with Crippen LogP contribution in [0.2, 0.25) is 0 Å². The molecule has 2 saturated carbocycles. The van der Waals surface area contributed by atoms with Crippen LogP contribution < -0.4 is 5.73 Å². The van der Waals surface area contributed by atoms with Crippen LogP contribution in [0.25, 0.3) is 0 Å². The number of carbonyl (C=O) groups excluding carboxylic acids is 1. The Morgan fingerprint density at radius 3 is 2.56 bits per heavy atom. The van der Waals surface area contributed by atoms with Gasteiger partial charge in [-0.05, 0) is 63.2 Å². The minimum atomic E-state index is -0.472. The van der Waals surface area contributed by atoms with Gasteiger partial charge in [0.25, 0.3) is 5.91 Å². The predicted molar refractivity (Wildman–Crippen MR) is 96.2 cm³/mol. The highest BCUT2D eigenvalue weighted by molar-refractivity contribution is 5.93. The van der Waals surface area contributed by atoms with Gasteiger partial charge in [-0.25, -0.2) is 9.97 Å². The molecule has 2 unspecified atom stereocenters. The first kappa shape index (κ1) is 18.3. The number of aliphatic hydroxyl groups is 1. The van der Waals surface area contributed by atoms with Gasteiger partial charge in [-0.15, -0.1) is 0 Å². The van der Waals surface area contributed by atoms with Crippen molar-refractivity contribution < 1.29 is 16.1 Å². The van der Waals surface area contributed by atoms with Crippen LogP contribution in [0.4, 0.5) is 0 Å². The first-order valence-electron chi connectivity index (χ1n) is 9.40. The summed E-state index contributed by atoms with van der Waals surface area (Å²) in [6.07, 6.45) is 10.3. The largest absolute Gasteiger partial charge is 0.393 e. The van der Waals surface area contributed by atoms with Crippen molar-refractivity contribution in [3.8, 4) is 0 Å². The molecule has 1 aromatic heterocycles. The molecule has 0 bridgehead atoms. The summed E-state index contributed by atoms with van der Waals surface area (Å²) in [5, 5.41) is 9.73. The Labute approximate surface area is 150 Å². The van der Waals surface area contributed by atoms with Gasteiger partial charge in [-0.3, -0.25) is 4.79 Å². The molecule has 3 rings (SSSR count). The Hall–Kier alpha value is -1.53. The van der Waals surface area contributed by atoms with Crippen LogP contribution in [-0.2, 0) is 17.6 Å². The predicted octanol–water partition coefficient (Wildman–Crippen LogP) is 2.27. The normalized spacial score (nSPS) is 29.7. The molecule has 1 heterocycles. The zero-order valence-electron chi connectivity index (χ0n) is 15.0. The fourth-order valence-electron chi connectivity index (χ4n) is 4.26. The van der Waals surface area contributed by atoms with Crippen molar-refractivity contribution in [3.63, 3.8) is 0 Å². The fourth-order valence-corrected chi connectivity index (χ4v) is 4.26. The summed E-state index contributed by atoms with van der Waals surface area (Å²) in [7, 11) is 1.78. The van der Waals surface area contributed by atoms with Gasteiger partial charge in [0.2, 0.25) is 0 Å². The molecule has 0 spiro atoms. The summed E-state index contributed by atoms with van der Waals surface area (Å²) >= 11 is 0. The van der Waals surface area contributed by atoms with E-state index in [0.717, 1.165) is 62.9 Å². The number of hydrogen-bond acceptors (Lipinski definition) is 5. The van der Waals surface area contributed by atoms with Crippen LogP contribution in [-0.4, -0.2) is 40.3 Å². The van der Waals surface area contributed by atoms with E-state index in [1.54, 1.807) is 13.3 Å². The highest BCUT2D eigenvalue weighted by Crippen LogP contribution is 2.30. The standard InChI is InChI=1S/C19H29N3O3.H2/c1-25-15-6-3-12(4-7-15)10-18-21-11-16(19(20)24)17(22-18)9-13-2-5-14(23)8-13;/h11-15,23H,2-10H2,1H3,(H2,20,24);1H. The molecular formula is C19H31N3O3. The topological polar surface area (TPSA) is 98.3 Å². The number of nitrogens with two attached hydrogens (primary N) is 1. The maximum atomic E-state index is 11.7. The van der Waals surface area contributed by atoms with Crippen molar-refractivity contribution in [2.75, 3.05) is 7.11 Å². The molecular weight excluding hydrogens is 318 g/mol.